The number of rotatable bonds is 4. The van der Waals surface area contributed by atoms with Gasteiger partial charge in [0.15, 0.2) is 0 Å². The van der Waals surface area contributed by atoms with Crippen LogP contribution in [0.4, 0.5) is 0 Å². The van der Waals surface area contributed by atoms with E-state index in [1.54, 1.807) is 0 Å². The summed E-state index contributed by atoms with van der Waals surface area (Å²) in [6, 6.07) is 0.915. The van der Waals surface area contributed by atoms with Crippen molar-refractivity contribution in [3.05, 3.63) is 0 Å². The van der Waals surface area contributed by atoms with Gasteiger partial charge in [-0.05, 0) is 27.7 Å². The van der Waals surface area contributed by atoms with Crippen LogP contribution in [0.25, 0.3) is 0 Å². The Balaban J connectivity index is 4.00. The summed E-state index contributed by atoms with van der Waals surface area (Å²) in [4.78, 5) is 2.18. The lowest BCUT2D eigenvalue weighted by Gasteiger charge is -2.29. The van der Waals surface area contributed by atoms with Gasteiger partial charge in [0.25, 0.3) is 0 Å². The summed E-state index contributed by atoms with van der Waals surface area (Å²) in [6.07, 6.45) is 0. The first-order valence-corrected chi connectivity index (χ1v) is 4.03. The van der Waals surface area contributed by atoms with E-state index in [-0.39, 0.29) is 5.84 Å². The molecule has 0 saturated heterocycles. The van der Waals surface area contributed by atoms with Crippen molar-refractivity contribution in [1.82, 2.24) is 4.90 Å². The maximum atomic E-state index is 7.15. The third-order valence-corrected chi connectivity index (χ3v) is 1.68. The number of nitrogens with one attached hydrogen (secondary N) is 1. The standard InChI is InChI=1S/C8H19N3/c1-6(2)11(7(3)4)5-8(9)10/h6-7H,5H2,1-4H3,(H3,9,10). The molecular formula is C8H19N3. The molecule has 0 rings (SSSR count). The Kier molecular flexibility index (Phi) is 4.11. The van der Waals surface area contributed by atoms with Crippen molar-refractivity contribution >= 4 is 5.84 Å². The second-order valence-corrected chi connectivity index (χ2v) is 3.39. The van der Waals surface area contributed by atoms with E-state index in [2.05, 4.69) is 32.6 Å². The van der Waals surface area contributed by atoms with Crippen LogP contribution in [0.3, 0.4) is 0 Å². The Hall–Kier alpha value is -0.570. The van der Waals surface area contributed by atoms with E-state index in [9.17, 15) is 0 Å². The van der Waals surface area contributed by atoms with Crippen molar-refractivity contribution in [3.8, 4) is 0 Å². The molecule has 0 aliphatic rings. The van der Waals surface area contributed by atoms with Gasteiger partial charge in [0.1, 0.15) is 5.84 Å². The molecule has 0 aromatic heterocycles. The van der Waals surface area contributed by atoms with Crippen LogP contribution in [0.1, 0.15) is 27.7 Å². The molecule has 0 unspecified atom stereocenters. The van der Waals surface area contributed by atoms with Gasteiger partial charge in [0, 0.05) is 12.1 Å². The quantitative estimate of drug-likeness (QED) is 0.473. The van der Waals surface area contributed by atoms with Crippen molar-refractivity contribution in [2.45, 2.75) is 39.8 Å². The van der Waals surface area contributed by atoms with Crippen LogP contribution in [-0.4, -0.2) is 29.4 Å². The molecule has 0 heterocycles. The highest BCUT2D eigenvalue weighted by molar-refractivity contribution is 5.79. The summed E-state index contributed by atoms with van der Waals surface area (Å²) in [5.41, 5.74) is 5.31. The molecule has 0 spiro atoms. The number of hydrogen-bond donors (Lipinski definition) is 2. The third kappa shape index (κ3) is 3.98. The zero-order valence-electron chi connectivity index (χ0n) is 7.89. The van der Waals surface area contributed by atoms with Crippen LogP contribution in [0.2, 0.25) is 0 Å². The van der Waals surface area contributed by atoms with E-state index < -0.39 is 0 Å². The Morgan fingerprint density at radius 2 is 1.64 bits per heavy atom. The monoisotopic (exact) mass is 157 g/mol. The number of nitrogens with zero attached hydrogens (tertiary/aromatic N) is 1. The first-order valence-electron chi connectivity index (χ1n) is 4.03. The van der Waals surface area contributed by atoms with Crippen LogP contribution in [0, 0.1) is 5.41 Å². The molecule has 0 radical (unpaired) electrons. The van der Waals surface area contributed by atoms with Crippen LogP contribution < -0.4 is 5.73 Å². The van der Waals surface area contributed by atoms with E-state index in [1.807, 2.05) is 0 Å². The highest BCUT2D eigenvalue weighted by Crippen LogP contribution is 2.02. The Labute approximate surface area is 69.1 Å². The van der Waals surface area contributed by atoms with Gasteiger partial charge in [-0.2, -0.15) is 0 Å². The zero-order chi connectivity index (χ0) is 9.02. The van der Waals surface area contributed by atoms with E-state index in [4.69, 9.17) is 11.1 Å². The van der Waals surface area contributed by atoms with Gasteiger partial charge in [-0.1, -0.05) is 0 Å². The maximum absolute atomic E-state index is 7.15. The van der Waals surface area contributed by atoms with Gasteiger partial charge in [-0.3, -0.25) is 10.3 Å². The van der Waals surface area contributed by atoms with Crippen molar-refractivity contribution in [2.75, 3.05) is 6.54 Å². The fraction of sp³-hybridized carbons (Fsp3) is 0.875. The average molecular weight is 157 g/mol. The average Bonchev–Trinajstić information content (AvgIpc) is 1.81. The van der Waals surface area contributed by atoms with Crippen LogP contribution in [0.5, 0.6) is 0 Å². The van der Waals surface area contributed by atoms with Crippen LogP contribution in [-0.2, 0) is 0 Å². The predicted octanol–water partition coefficient (Wildman–Crippen LogP) is 1.04. The second-order valence-electron chi connectivity index (χ2n) is 3.39. The molecule has 0 aromatic carbocycles. The molecule has 0 atom stereocenters. The van der Waals surface area contributed by atoms with Gasteiger partial charge in [0.05, 0.1) is 6.54 Å². The molecule has 0 aromatic rings. The minimum Gasteiger partial charge on any atom is -0.387 e. The van der Waals surface area contributed by atoms with E-state index in [0.717, 1.165) is 0 Å². The molecule has 0 aliphatic carbocycles. The molecule has 0 aliphatic heterocycles. The smallest absolute Gasteiger partial charge is 0.105 e. The Morgan fingerprint density at radius 1 is 1.27 bits per heavy atom. The minimum absolute atomic E-state index is 0.243. The van der Waals surface area contributed by atoms with Gasteiger partial charge < -0.3 is 5.73 Å². The first-order chi connectivity index (χ1) is 4.95. The van der Waals surface area contributed by atoms with Crippen molar-refractivity contribution < 1.29 is 0 Å². The van der Waals surface area contributed by atoms with Crippen molar-refractivity contribution in [3.63, 3.8) is 0 Å². The second kappa shape index (κ2) is 4.34. The summed E-state index contributed by atoms with van der Waals surface area (Å²) in [5.74, 6) is 0.243. The van der Waals surface area contributed by atoms with Crippen LogP contribution >= 0.6 is 0 Å². The summed E-state index contributed by atoms with van der Waals surface area (Å²) in [6.45, 7) is 9.03. The molecule has 11 heavy (non-hydrogen) atoms. The normalized spacial score (nSPS) is 11.5. The van der Waals surface area contributed by atoms with Gasteiger partial charge >= 0.3 is 0 Å². The molecule has 0 amide bonds. The molecule has 0 fully saturated rings. The minimum atomic E-state index is 0.243. The molecule has 3 nitrogen and oxygen atoms in total. The fourth-order valence-electron chi connectivity index (χ4n) is 1.16. The molecular weight excluding hydrogens is 138 g/mol. The number of hydrogen-bond acceptors (Lipinski definition) is 2. The van der Waals surface area contributed by atoms with Gasteiger partial charge in [-0.15, -0.1) is 0 Å². The lowest BCUT2D eigenvalue weighted by molar-refractivity contribution is 0.202. The molecule has 66 valence electrons. The Morgan fingerprint density at radius 3 is 1.73 bits per heavy atom. The summed E-state index contributed by atoms with van der Waals surface area (Å²) < 4.78 is 0. The number of amidine groups is 1. The molecule has 3 N–H and O–H groups in total. The van der Waals surface area contributed by atoms with Gasteiger partial charge in [0.2, 0.25) is 0 Å². The highest BCUT2D eigenvalue weighted by Gasteiger charge is 2.13. The number of nitrogens with two attached hydrogens (primary N) is 1. The van der Waals surface area contributed by atoms with E-state index in [0.29, 0.717) is 18.6 Å². The van der Waals surface area contributed by atoms with E-state index in [1.165, 1.54) is 0 Å². The topological polar surface area (TPSA) is 53.1 Å². The predicted molar refractivity (Wildman–Crippen MR) is 48.9 cm³/mol. The molecule has 3 heteroatoms. The van der Waals surface area contributed by atoms with Crippen LogP contribution in [0.15, 0.2) is 0 Å². The first kappa shape index (κ1) is 10.4. The summed E-state index contributed by atoms with van der Waals surface area (Å²) >= 11 is 0. The SMILES string of the molecule is CC(C)N(CC(=N)N)C(C)C. The zero-order valence-corrected chi connectivity index (χ0v) is 7.89. The highest BCUT2D eigenvalue weighted by atomic mass is 15.2. The van der Waals surface area contributed by atoms with Gasteiger partial charge in [-0.25, -0.2) is 0 Å². The third-order valence-electron chi connectivity index (χ3n) is 1.68. The van der Waals surface area contributed by atoms with Crippen molar-refractivity contribution in [2.24, 2.45) is 5.73 Å². The molecule has 0 saturated carbocycles. The lowest BCUT2D eigenvalue weighted by Crippen LogP contribution is -2.42. The van der Waals surface area contributed by atoms with E-state index >= 15 is 0 Å². The lowest BCUT2D eigenvalue weighted by atomic mass is 10.2. The largest absolute Gasteiger partial charge is 0.387 e. The van der Waals surface area contributed by atoms with Crippen molar-refractivity contribution in [1.29, 1.82) is 5.41 Å². The maximum Gasteiger partial charge on any atom is 0.105 e. The Bertz CT molecular complexity index is 121. The molecule has 0 bridgehead atoms. The summed E-state index contributed by atoms with van der Waals surface area (Å²) in [5, 5.41) is 7.15. The fourth-order valence-corrected chi connectivity index (χ4v) is 1.16. The summed E-state index contributed by atoms with van der Waals surface area (Å²) in [7, 11) is 0.